The first kappa shape index (κ1) is 12.2. The Labute approximate surface area is 90.4 Å². The van der Waals surface area contributed by atoms with E-state index >= 15 is 0 Å². The van der Waals surface area contributed by atoms with Gasteiger partial charge in [-0.1, -0.05) is 0 Å². The number of hydrogen-bond donors (Lipinski definition) is 1. The van der Waals surface area contributed by atoms with Crippen LogP contribution in [-0.2, 0) is 16.9 Å². The fourth-order valence-electron chi connectivity index (χ4n) is 1.45. The first-order chi connectivity index (χ1) is 6.94. The van der Waals surface area contributed by atoms with E-state index in [-0.39, 0.29) is 11.8 Å². The molecule has 1 N–H and O–H groups in total. The second kappa shape index (κ2) is 4.76. The Morgan fingerprint density at radius 1 is 1.60 bits per heavy atom. The van der Waals surface area contributed by atoms with Crippen molar-refractivity contribution in [2.24, 2.45) is 7.05 Å². The zero-order valence-electron chi connectivity index (χ0n) is 9.27. The van der Waals surface area contributed by atoms with E-state index in [0.717, 1.165) is 5.82 Å². The van der Waals surface area contributed by atoms with Crippen LogP contribution in [0.15, 0.2) is 12.4 Å². The van der Waals surface area contributed by atoms with Crippen LogP contribution < -0.4 is 5.32 Å². The Bertz CT molecular complexity index is 411. The third-order valence-electron chi connectivity index (χ3n) is 2.30. The maximum absolute atomic E-state index is 11.1. The summed E-state index contributed by atoms with van der Waals surface area (Å²) in [6, 6.07) is -0.0141. The molecule has 86 valence electrons. The number of rotatable bonds is 5. The van der Waals surface area contributed by atoms with Crippen LogP contribution in [0.2, 0.25) is 0 Å². The Balaban J connectivity index is 2.70. The maximum atomic E-state index is 11.1. The fourth-order valence-corrected chi connectivity index (χ4v) is 2.11. The van der Waals surface area contributed by atoms with Crippen molar-refractivity contribution in [3.05, 3.63) is 18.2 Å². The molecular formula is C9H17N3O2S. The molecule has 1 heterocycles. The van der Waals surface area contributed by atoms with Gasteiger partial charge in [-0.3, -0.25) is 0 Å². The summed E-state index contributed by atoms with van der Waals surface area (Å²) < 4.78 is 24.0. The molecule has 0 saturated carbocycles. The molecule has 1 aromatic heterocycles. The molecule has 0 spiro atoms. The van der Waals surface area contributed by atoms with Crippen LogP contribution in [0.1, 0.15) is 18.3 Å². The van der Waals surface area contributed by atoms with E-state index in [1.807, 2.05) is 24.9 Å². The third kappa shape index (κ3) is 3.64. The summed E-state index contributed by atoms with van der Waals surface area (Å²) in [6.07, 6.45) is 5.35. The summed E-state index contributed by atoms with van der Waals surface area (Å²) in [6.45, 7) is 0. The molecule has 1 rings (SSSR count). The summed E-state index contributed by atoms with van der Waals surface area (Å²) in [5.74, 6) is 1.03. The first-order valence-corrected chi connectivity index (χ1v) is 6.82. The smallest absolute Gasteiger partial charge is 0.147 e. The molecule has 0 aliphatic carbocycles. The second-order valence-corrected chi connectivity index (χ2v) is 5.92. The van der Waals surface area contributed by atoms with Gasteiger partial charge in [0.05, 0.1) is 11.8 Å². The van der Waals surface area contributed by atoms with E-state index in [9.17, 15) is 8.42 Å². The van der Waals surface area contributed by atoms with E-state index in [1.54, 1.807) is 6.20 Å². The highest BCUT2D eigenvalue weighted by Crippen LogP contribution is 2.14. The lowest BCUT2D eigenvalue weighted by atomic mass is 10.2. The standard InChI is InChI=1S/C9H17N3O2S/c1-10-8(4-7-15(3,13)14)9-11-5-6-12(9)2/h5-6,8,10H,4,7H2,1-3H3. The predicted molar refractivity (Wildman–Crippen MR) is 59.3 cm³/mol. The SMILES string of the molecule is CNC(CCS(C)(=O)=O)c1nccn1C. The van der Waals surface area contributed by atoms with Gasteiger partial charge in [0.2, 0.25) is 0 Å². The predicted octanol–water partition coefficient (Wildman–Crippen LogP) is 0.115. The molecule has 0 aliphatic rings. The normalized spacial score (nSPS) is 14.1. The van der Waals surface area contributed by atoms with Gasteiger partial charge in [-0.2, -0.15) is 0 Å². The third-order valence-corrected chi connectivity index (χ3v) is 3.27. The van der Waals surface area contributed by atoms with Crippen molar-refractivity contribution < 1.29 is 8.42 Å². The molecule has 5 nitrogen and oxygen atoms in total. The van der Waals surface area contributed by atoms with Gasteiger partial charge in [0.15, 0.2) is 0 Å². The number of nitrogens with zero attached hydrogens (tertiary/aromatic N) is 2. The Morgan fingerprint density at radius 2 is 2.27 bits per heavy atom. The molecule has 6 heteroatoms. The van der Waals surface area contributed by atoms with Gasteiger partial charge in [-0.25, -0.2) is 13.4 Å². The van der Waals surface area contributed by atoms with Gasteiger partial charge in [0.1, 0.15) is 15.7 Å². The summed E-state index contributed by atoms with van der Waals surface area (Å²) in [4.78, 5) is 4.19. The van der Waals surface area contributed by atoms with E-state index < -0.39 is 9.84 Å². The lowest BCUT2D eigenvalue weighted by molar-refractivity contribution is 0.520. The quantitative estimate of drug-likeness (QED) is 0.781. The van der Waals surface area contributed by atoms with Crippen LogP contribution in [0.25, 0.3) is 0 Å². The molecule has 1 atom stereocenters. The minimum Gasteiger partial charge on any atom is -0.337 e. The second-order valence-electron chi connectivity index (χ2n) is 3.66. The molecule has 0 amide bonds. The van der Waals surface area contributed by atoms with Crippen LogP contribution in [0.5, 0.6) is 0 Å². The average molecular weight is 231 g/mol. The summed E-state index contributed by atoms with van der Waals surface area (Å²) >= 11 is 0. The maximum Gasteiger partial charge on any atom is 0.147 e. The number of imidazole rings is 1. The number of aryl methyl sites for hydroxylation is 1. The van der Waals surface area contributed by atoms with Crippen LogP contribution >= 0.6 is 0 Å². The lowest BCUT2D eigenvalue weighted by Gasteiger charge is -2.15. The number of hydrogen-bond acceptors (Lipinski definition) is 4. The van der Waals surface area contributed by atoms with Crippen molar-refractivity contribution >= 4 is 9.84 Å². The van der Waals surface area contributed by atoms with Gasteiger partial charge < -0.3 is 9.88 Å². The monoisotopic (exact) mass is 231 g/mol. The summed E-state index contributed by atoms with van der Waals surface area (Å²) in [5.41, 5.74) is 0. The Hall–Kier alpha value is -0.880. The summed E-state index contributed by atoms with van der Waals surface area (Å²) in [7, 11) is 0.793. The molecule has 0 bridgehead atoms. The molecule has 0 radical (unpaired) electrons. The van der Waals surface area contributed by atoms with Crippen LogP contribution in [0.4, 0.5) is 0 Å². The van der Waals surface area contributed by atoms with E-state index in [2.05, 4.69) is 10.3 Å². The zero-order valence-corrected chi connectivity index (χ0v) is 10.1. The Morgan fingerprint density at radius 3 is 2.67 bits per heavy atom. The van der Waals surface area contributed by atoms with E-state index in [0.29, 0.717) is 6.42 Å². The van der Waals surface area contributed by atoms with Crippen molar-refractivity contribution in [2.45, 2.75) is 12.5 Å². The van der Waals surface area contributed by atoms with E-state index in [4.69, 9.17) is 0 Å². The number of nitrogens with one attached hydrogen (secondary N) is 1. The van der Waals surface area contributed by atoms with Crippen molar-refractivity contribution in [1.29, 1.82) is 0 Å². The van der Waals surface area contributed by atoms with Crippen molar-refractivity contribution in [2.75, 3.05) is 19.1 Å². The number of sulfone groups is 1. The van der Waals surface area contributed by atoms with Gasteiger partial charge in [-0.05, 0) is 13.5 Å². The van der Waals surface area contributed by atoms with Gasteiger partial charge in [0.25, 0.3) is 0 Å². The van der Waals surface area contributed by atoms with Gasteiger partial charge in [-0.15, -0.1) is 0 Å². The molecule has 0 saturated heterocycles. The van der Waals surface area contributed by atoms with Crippen molar-refractivity contribution in [3.8, 4) is 0 Å². The molecule has 0 aliphatic heterocycles. The highest BCUT2D eigenvalue weighted by atomic mass is 32.2. The van der Waals surface area contributed by atoms with Crippen LogP contribution in [0.3, 0.4) is 0 Å². The van der Waals surface area contributed by atoms with Crippen molar-refractivity contribution in [1.82, 2.24) is 14.9 Å². The molecular weight excluding hydrogens is 214 g/mol. The van der Waals surface area contributed by atoms with Gasteiger partial charge in [0, 0.05) is 25.7 Å². The molecule has 1 unspecified atom stereocenters. The molecule has 15 heavy (non-hydrogen) atoms. The lowest BCUT2D eigenvalue weighted by Crippen LogP contribution is -2.22. The van der Waals surface area contributed by atoms with Crippen LogP contribution in [0, 0.1) is 0 Å². The Kier molecular flexibility index (Phi) is 3.87. The highest BCUT2D eigenvalue weighted by molar-refractivity contribution is 7.90. The van der Waals surface area contributed by atoms with Crippen molar-refractivity contribution in [3.63, 3.8) is 0 Å². The topological polar surface area (TPSA) is 64.0 Å². The first-order valence-electron chi connectivity index (χ1n) is 4.76. The highest BCUT2D eigenvalue weighted by Gasteiger charge is 2.15. The molecule has 1 aromatic rings. The zero-order chi connectivity index (χ0) is 11.5. The van der Waals surface area contributed by atoms with Gasteiger partial charge >= 0.3 is 0 Å². The fraction of sp³-hybridized carbons (Fsp3) is 0.667. The summed E-state index contributed by atoms with van der Waals surface area (Å²) in [5, 5.41) is 3.07. The average Bonchev–Trinajstić information content (AvgIpc) is 2.52. The van der Waals surface area contributed by atoms with E-state index in [1.165, 1.54) is 6.26 Å². The minimum atomic E-state index is -2.91. The molecule has 0 fully saturated rings. The minimum absolute atomic E-state index is 0.0141. The molecule has 0 aromatic carbocycles. The largest absolute Gasteiger partial charge is 0.337 e. The number of aromatic nitrogens is 2. The van der Waals surface area contributed by atoms with Crippen LogP contribution in [-0.4, -0.2) is 37.0 Å².